The molecule has 0 atom stereocenters. The van der Waals surface area contributed by atoms with Gasteiger partial charge in [0.25, 0.3) is 17.4 Å². The van der Waals surface area contributed by atoms with Gasteiger partial charge in [0.1, 0.15) is 5.82 Å². The first-order chi connectivity index (χ1) is 14.0. The van der Waals surface area contributed by atoms with Crippen LogP contribution >= 0.6 is 0 Å². The van der Waals surface area contributed by atoms with Crippen LogP contribution in [-0.2, 0) is 27.8 Å². The van der Waals surface area contributed by atoms with Crippen LogP contribution in [0.2, 0.25) is 0 Å². The molecular formula is C21H19N3O5. The van der Waals surface area contributed by atoms with Gasteiger partial charge in [-0.15, -0.1) is 0 Å². The summed E-state index contributed by atoms with van der Waals surface area (Å²) in [6, 6.07) is 15.2. The first kappa shape index (κ1) is 19.9. The first-order valence-corrected chi connectivity index (χ1v) is 8.95. The summed E-state index contributed by atoms with van der Waals surface area (Å²) in [4.78, 5) is 52.3. The molecule has 29 heavy (non-hydrogen) atoms. The zero-order chi connectivity index (χ0) is 20.8. The molecule has 2 amide bonds. The number of carbonyl (C=O) groups excluding carboxylic acids is 3. The molecule has 0 saturated heterocycles. The second-order valence-corrected chi connectivity index (χ2v) is 6.31. The third kappa shape index (κ3) is 4.92. The smallest absolute Gasteiger partial charge is 0.306 e. The molecule has 1 N–H and O–H groups in total. The van der Waals surface area contributed by atoms with Gasteiger partial charge in [0.05, 0.1) is 17.3 Å². The van der Waals surface area contributed by atoms with E-state index in [0.29, 0.717) is 22.3 Å². The monoisotopic (exact) mass is 393 g/mol. The van der Waals surface area contributed by atoms with Crippen molar-refractivity contribution in [3.05, 3.63) is 76.3 Å². The number of imide groups is 1. The fourth-order valence-electron chi connectivity index (χ4n) is 2.74. The van der Waals surface area contributed by atoms with Gasteiger partial charge in [-0.25, -0.2) is 4.98 Å². The molecule has 0 fully saturated rings. The lowest BCUT2D eigenvalue weighted by molar-refractivity contribution is -0.148. The quantitative estimate of drug-likeness (QED) is 0.634. The van der Waals surface area contributed by atoms with Gasteiger partial charge in [0.15, 0.2) is 6.61 Å². The molecular weight excluding hydrogens is 374 g/mol. The molecule has 0 radical (unpaired) electrons. The molecule has 0 saturated carbocycles. The van der Waals surface area contributed by atoms with E-state index in [1.165, 1.54) is 4.57 Å². The molecule has 0 aliphatic heterocycles. The minimum atomic E-state index is -0.719. The highest BCUT2D eigenvalue weighted by Gasteiger charge is 2.14. The number of aromatic nitrogens is 2. The fraction of sp³-hybridized carbons (Fsp3) is 0.190. The predicted molar refractivity (Wildman–Crippen MR) is 105 cm³/mol. The molecule has 3 aromatic rings. The Labute approximate surface area is 166 Å². The lowest BCUT2D eigenvalue weighted by atomic mass is 10.2. The Morgan fingerprint density at radius 3 is 2.48 bits per heavy atom. The maximum Gasteiger partial charge on any atom is 0.306 e. The Balaban J connectivity index is 1.52. The van der Waals surface area contributed by atoms with Gasteiger partial charge >= 0.3 is 5.97 Å². The Bertz CT molecular complexity index is 1120. The molecule has 148 valence electrons. The van der Waals surface area contributed by atoms with Gasteiger partial charge in [-0.05, 0) is 24.3 Å². The van der Waals surface area contributed by atoms with Crippen LogP contribution in [0.4, 0.5) is 0 Å². The van der Waals surface area contributed by atoms with E-state index in [2.05, 4.69) is 10.3 Å². The SMILES string of the molecule is Cn1c(CCC(=O)OCC(=O)NC(=O)c2ccccc2)nc2ccccc2c1=O. The van der Waals surface area contributed by atoms with Crippen molar-refractivity contribution in [2.45, 2.75) is 12.8 Å². The van der Waals surface area contributed by atoms with Crippen LogP contribution < -0.4 is 10.9 Å². The number of hydrogen-bond donors (Lipinski definition) is 1. The van der Waals surface area contributed by atoms with Crippen LogP contribution in [0.5, 0.6) is 0 Å². The highest BCUT2D eigenvalue weighted by Crippen LogP contribution is 2.08. The molecule has 0 spiro atoms. The zero-order valence-electron chi connectivity index (χ0n) is 15.8. The number of hydrogen-bond acceptors (Lipinski definition) is 6. The molecule has 1 heterocycles. The number of nitrogens with zero attached hydrogens (tertiary/aromatic N) is 2. The van der Waals surface area contributed by atoms with Crippen LogP contribution in [-0.4, -0.2) is 33.9 Å². The van der Waals surface area contributed by atoms with E-state index >= 15 is 0 Å². The molecule has 8 nitrogen and oxygen atoms in total. The van der Waals surface area contributed by atoms with Crippen molar-refractivity contribution in [3.63, 3.8) is 0 Å². The van der Waals surface area contributed by atoms with E-state index in [4.69, 9.17) is 4.74 Å². The highest BCUT2D eigenvalue weighted by atomic mass is 16.5. The van der Waals surface area contributed by atoms with Gasteiger partial charge in [0, 0.05) is 19.0 Å². The van der Waals surface area contributed by atoms with Gasteiger partial charge < -0.3 is 4.74 Å². The number of benzene rings is 2. The second-order valence-electron chi connectivity index (χ2n) is 6.31. The molecule has 0 bridgehead atoms. The van der Waals surface area contributed by atoms with Gasteiger partial charge in [0.2, 0.25) is 0 Å². The summed E-state index contributed by atoms with van der Waals surface area (Å²) < 4.78 is 6.29. The molecule has 8 heteroatoms. The van der Waals surface area contributed by atoms with E-state index in [-0.39, 0.29) is 18.4 Å². The van der Waals surface area contributed by atoms with Crippen molar-refractivity contribution in [1.29, 1.82) is 0 Å². The molecule has 0 unspecified atom stereocenters. The lowest BCUT2D eigenvalue weighted by Crippen LogP contribution is -2.34. The fourth-order valence-corrected chi connectivity index (χ4v) is 2.74. The molecule has 3 rings (SSSR count). The van der Waals surface area contributed by atoms with E-state index in [9.17, 15) is 19.2 Å². The summed E-state index contributed by atoms with van der Waals surface area (Å²) in [6.07, 6.45) is 0.124. The third-order valence-electron chi connectivity index (χ3n) is 4.28. The summed E-state index contributed by atoms with van der Waals surface area (Å²) in [6.45, 7) is -0.568. The van der Waals surface area contributed by atoms with Crippen LogP contribution in [0, 0.1) is 0 Å². The Morgan fingerprint density at radius 2 is 1.72 bits per heavy atom. The maximum absolute atomic E-state index is 12.4. The van der Waals surface area contributed by atoms with Crippen molar-refractivity contribution < 1.29 is 19.1 Å². The number of fused-ring (bicyclic) bond motifs is 1. The largest absolute Gasteiger partial charge is 0.456 e. The number of para-hydroxylation sites is 1. The summed E-state index contributed by atoms with van der Waals surface area (Å²) in [7, 11) is 1.59. The molecule has 0 aliphatic rings. The second kappa shape index (κ2) is 8.92. The Morgan fingerprint density at radius 1 is 1.03 bits per heavy atom. The normalized spacial score (nSPS) is 10.5. The number of ether oxygens (including phenoxy) is 1. The number of amides is 2. The molecule has 2 aromatic carbocycles. The molecule has 1 aromatic heterocycles. The maximum atomic E-state index is 12.4. The zero-order valence-corrected chi connectivity index (χ0v) is 15.8. The van der Waals surface area contributed by atoms with Crippen molar-refractivity contribution in [3.8, 4) is 0 Å². The van der Waals surface area contributed by atoms with Crippen LogP contribution in [0.3, 0.4) is 0 Å². The topological polar surface area (TPSA) is 107 Å². The number of carbonyl (C=O) groups is 3. The first-order valence-electron chi connectivity index (χ1n) is 8.95. The third-order valence-corrected chi connectivity index (χ3v) is 4.28. The summed E-state index contributed by atoms with van der Waals surface area (Å²) >= 11 is 0. The molecule has 0 aliphatic carbocycles. The van der Waals surface area contributed by atoms with Crippen LogP contribution in [0.15, 0.2) is 59.4 Å². The van der Waals surface area contributed by atoms with Gasteiger partial charge in [-0.3, -0.25) is 29.1 Å². The Kier molecular flexibility index (Phi) is 6.13. The van der Waals surface area contributed by atoms with Gasteiger partial charge in [-0.2, -0.15) is 0 Å². The summed E-state index contributed by atoms with van der Waals surface area (Å²) in [5.74, 6) is -1.48. The standard InChI is InChI=1S/C21H19N3O5/c1-24-17(22-16-10-6-5-9-15(16)21(24)28)11-12-19(26)29-13-18(25)23-20(27)14-7-3-2-4-8-14/h2-10H,11-13H2,1H3,(H,23,25,27). The van der Waals surface area contributed by atoms with Crippen molar-refractivity contribution >= 4 is 28.7 Å². The summed E-state index contributed by atoms with van der Waals surface area (Å²) in [5, 5.41) is 2.65. The van der Waals surface area contributed by atoms with Crippen molar-refractivity contribution in [1.82, 2.24) is 14.9 Å². The average molecular weight is 393 g/mol. The van der Waals surface area contributed by atoms with E-state index in [1.54, 1.807) is 61.6 Å². The number of esters is 1. The summed E-state index contributed by atoms with van der Waals surface area (Å²) in [5.41, 5.74) is 0.686. The number of rotatable bonds is 6. The average Bonchev–Trinajstić information content (AvgIpc) is 2.74. The lowest BCUT2D eigenvalue weighted by Gasteiger charge is -2.09. The van der Waals surface area contributed by atoms with Crippen LogP contribution in [0.25, 0.3) is 10.9 Å². The van der Waals surface area contributed by atoms with Crippen molar-refractivity contribution in [2.24, 2.45) is 7.05 Å². The van der Waals surface area contributed by atoms with E-state index < -0.39 is 24.4 Å². The predicted octanol–water partition coefficient (Wildman–Crippen LogP) is 1.37. The van der Waals surface area contributed by atoms with E-state index in [0.717, 1.165) is 0 Å². The van der Waals surface area contributed by atoms with E-state index in [1.807, 2.05) is 0 Å². The minimum Gasteiger partial charge on any atom is -0.456 e. The number of nitrogens with one attached hydrogen (secondary N) is 1. The number of aryl methyl sites for hydroxylation is 1. The van der Waals surface area contributed by atoms with Crippen molar-refractivity contribution in [2.75, 3.05) is 6.61 Å². The van der Waals surface area contributed by atoms with Crippen LogP contribution in [0.1, 0.15) is 22.6 Å². The highest BCUT2D eigenvalue weighted by molar-refractivity contribution is 6.05. The Hall–Kier alpha value is -3.81. The minimum absolute atomic E-state index is 0.0570. The van der Waals surface area contributed by atoms with Gasteiger partial charge in [-0.1, -0.05) is 30.3 Å².